The Morgan fingerprint density at radius 1 is 1.29 bits per heavy atom. The average molecular weight is 334 g/mol. The summed E-state index contributed by atoms with van der Waals surface area (Å²) < 4.78 is 32.2. The van der Waals surface area contributed by atoms with Crippen molar-refractivity contribution in [3.8, 4) is 11.5 Å². The number of hydrogen-bond acceptors (Lipinski definition) is 3. The molecule has 1 aromatic carbocycles. The molecule has 0 aliphatic carbocycles. The molecule has 1 aromatic heterocycles. The minimum absolute atomic E-state index is 0.0427. The fourth-order valence-electron chi connectivity index (χ4n) is 1.61. The van der Waals surface area contributed by atoms with E-state index in [-0.39, 0.29) is 15.8 Å². The Labute approximate surface area is 128 Å². The van der Waals surface area contributed by atoms with Crippen LogP contribution in [0, 0.1) is 6.92 Å². The highest BCUT2D eigenvalue weighted by Crippen LogP contribution is 2.39. The zero-order chi connectivity index (χ0) is 15.8. The van der Waals surface area contributed by atoms with E-state index in [0.717, 1.165) is 6.33 Å². The minimum atomic E-state index is -3.37. The van der Waals surface area contributed by atoms with Crippen molar-refractivity contribution < 1.29 is 13.5 Å². The molecule has 0 saturated carbocycles. The molecule has 4 nitrogen and oxygen atoms in total. The maximum Gasteiger partial charge on any atom is 0.294 e. The maximum absolute atomic E-state index is 13.5. The van der Waals surface area contributed by atoms with Crippen molar-refractivity contribution >= 4 is 23.2 Å². The largest absolute Gasteiger partial charge is 0.446 e. The van der Waals surface area contributed by atoms with Crippen LogP contribution in [-0.4, -0.2) is 9.97 Å². The summed E-state index contributed by atoms with van der Waals surface area (Å²) in [6.45, 7) is 4.24. The van der Waals surface area contributed by atoms with Crippen LogP contribution in [0.3, 0.4) is 0 Å². The van der Waals surface area contributed by atoms with E-state index in [4.69, 9.17) is 27.9 Å². The zero-order valence-corrected chi connectivity index (χ0v) is 12.2. The third-order valence-electron chi connectivity index (χ3n) is 2.49. The average Bonchev–Trinajstić information content (AvgIpc) is 2.33. The van der Waals surface area contributed by atoms with Gasteiger partial charge in [-0.15, -0.1) is 0 Å². The van der Waals surface area contributed by atoms with Crippen molar-refractivity contribution in [2.24, 2.45) is 0 Å². The number of aromatic amines is 1. The molecule has 0 fully saturated rings. The smallest absolute Gasteiger partial charge is 0.294 e. The Bertz CT molecular complexity index is 719. The van der Waals surface area contributed by atoms with E-state index in [1.54, 1.807) is 0 Å². The minimum Gasteiger partial charge on any atom is -0.446 e. The van der Waals surface area contributed by atoms with Gasteiger partial charge in [0.1, 0.15) is 0 Å². The van der Waals surface area contributed by atoms with Crippen molar-refractivity contribution in [2.75, 3.05) is 0 Å². The van der Waals surface area contributed by atoms with Crippen LogP contribution >= 0.6 is 23.2 Å². The second-order valence-electron chi connectivity index (χ2n) is 4.29. The first-order valence-corrected chi connectivity index (χ1v) is 6.40. The van der Waals surface area contributed by atoms with Gasteiger partial charge in [-0.1, -0.05) is 23.2 Å². The van der Waals surface area contributed by atoms with Gasteiger partial charge in [0.2, 0.25) is 5.75 Å². The lowest BCUT2D eigenvalue weighted by Gasteiger charge is -2.15. The first kappa shape index (κ1) is 15.7. The summed E-state index contributed by atoms with van der Waals surface area (Å²) in [4.78, 5) is 17.3. The SMILES string of the molecule is [CH2]c1cc(Cl)c(Oc2c(C(C)(F)F)nc[nH]c2=O)c(Cl)c1. The number of benzene rings is 1. The fourth-order valence-corrected chi connectivity index (χ4v) is 2.22. The van der Waals surface area contributed by atoms with E-state index < -0.39 is 22.9 Å². The van der Waals surface area contributed by atoms with E-state index in [9.17, 15) is 13.6 Å². The molecule has 1 N–H and O–H groups in total. The summed E-state index contributed by atoms with van der Waals surface area (Å²) >= 11 is 11.9. The lowest BCUT2D eigenvalue weighted by molar-refractivity contribution is 0.0103. The molecule has 0 spiro atoms. The summed E-state index contributed by atoms with van der Waals surface area (Å²) in [7, 11) is 0. The van der Waals surface area contributed by atoms with Gasteiger partial charge in [-0.3, -0.25) is 4.79 Å². The summed E-state index contributed by atoms with van der Waals surface area (Å²) in [5.41, 5.74) is -1.16. The summed E-state index contributed by atoms with van der Waals surface area (Å²) in [6, 6.07) is 2.86. The molecule has 2 aromatic rings. The number of hydrogen-bond donors (Lipinski definition) is 1. The number of rotatable bonds is 3. The van der Waals surface area contributed by atoms with Gasteiger partial charge >= 0.3 is 0 Å². The summed E-state index contributed by atoms with van der Waals surface area (Å²) in [6.07, 6.45) is 0.865. The van der Waals surface area contributed by atoms with Gasteiger partial charge in [0, 0.05) is 6.92 Å². The van der Waals surface area contributed by atoms with Gasteiger partial charge in [-0.25, -0.2) is 4.98 Å². The van der Waals surface area contributed by atoms with Gasteiger partial charge in [-0.2, -0.15) is 8.78 Å². The third-order valence-corrected chi connectivity index (χ3v) is 3.05. The molecular formula is C13H9Cl2F2N2O2. The van der Waals surface area contributed by atoms with E-state index >= 15 is 0 Å². The molecule has 0 atom stereocenters. The van der Waals surface area contributed by atoms with Gasteiger partial charge in [0.25, 0.3) is 11.5 Å². The van der Waals surface area contributed by atoms with Crippen LogP contribution in [0.2, 0.25) is 10.0 Å². The molecule has 0 saturated heterocycles. The number of H-pyrrole nitrogens is 1. The van der Waals surface area contributed by atoms with Crippen LogP contribution in [0.5, 0.6) is 11.5 Å². The highest BCUT2D eigenvalue weighted by Gasteiger charge is 2.33. The second-order valence-corrected chi connectivity index (χ2v) is 5.10. The Morgan fingerprint density at radius 2 is 1.86 bits per heavy atom. The number of halogens is 4. The summed E-state index contributed by atoms with van der Waals surface area (Å²) in [5, 5.41) is 0.0854. The fraction of sp³-hybridized carbons (Fsp3) is 0.154. The normalized spacial score (nSPS) is 11.5. The highest BCUT2D eigenvalue weighted by atomic mass is 35.5. The quantitative estimate of drug-likeness (QED) is 0.917. The van der Waals surface area contributed by atoms with E-state index in [1.165, 1.54) is 12.1 Å². The van der Waals surface area contributed by atoms with Crippen molar-refractivity contribution in [3.05, 3.63) is 57.0 Å². The van der Waals surface area contributed by atoms with Crippen LogP contribution in [-0.2, 0) is 5.92 Å². The van der Waals surface area contributed by atoms with Crippen LogP contribution in [0.25, 0.3) is 0 Å². The summed E-state index contributed by atoms with van der Waals surface area (Å²) in [5.74, 6) is -4.14. The monoisotopic (exact) mass is 333 g/mol. The van der Waals surface area contributed by atoms with Crippen LogP contribution in [0.15, 0.2) is 23.3 Å². The number of nitrogens with one attached hydrogen (secondary N) is 1. The van der Waals surface area contributed by atoms with Crippen molar-refractivity contribution in [3.63, 3.8) is 0 Å². The first-order chi connectivity index (χ1) is 9.70. The molecule has 0 bridgehead atoms. The number of nitrogens with zero attached hydrogens (tertiary/aromatic N) is 1. The molecule has 2 rings (SSSR count). The van der Waals surface area contributed by atoms with Gasteiger partial charge in [0.15, 0.2) is 11.4 Å². The van der Waals surface area contributed by atoms with Gasteiger partial charge in [0.05, 0.1) is 16.4 Å². The van der Waals surface area contributed by atoms with E-state index in [0.29, 0.717) is 12.5 Å². The Hall–Kier alpha value is -1.66. The molecule has 0 aliphatic heterocycles. The zero-order valence-electron chi connectivity index (χ0n) is 10.7. The standard InChI is InChI=1S/C13H9Cl2F2N2O2/c1-6-3-7(14)9(8(15)4-6)21-10-11(13(2,16)17)18-5-19-12(10)20/h3-5H,1H2,2H3,(H,18,19,20). The molecule has 8 heteroatoms. The van der Waals surface area contributed by atoms with Crippen molar-refractivity contribution in [2.45, 2.75) is 12.8 Å². The molecule has 1 radical (unpaired) electrons. The van der Waals surface area contributed by atoms with E-state index in [1.807, 2.05) is 0 Å². The number of alkyl halides is 2. The van der Waals surface area contributed by atoms with Crippen LogP contribution in [0.4, 0.5) is 8.78 Å². The molecule has 0 amide bonds. The van der Waals surface area contributed by atoms with Gasteiger partial charge < -0.3 is 9.72 Å². The third kappa shape index (κ3) is 3.33. The molecule has 1 heterocycles. The lowest BCUT2D eigenvalue weighted by Crippen LogP contribution is -2.19. The highest BCUT2D eigenvalue weighted by molar-refractivity contribution is 6.37. The Morgan fingerprint density at radius 3 is 2.38 bits per heavy atom. The molecular weight excluding hydrogens is 325 g/mol. The first-order valence-electron chi connectivity index (χ1n) is 5.65. The van der Waals surface area contributed by atoms with Crippen molar-refractivity contribution in [1.29, 1.82) is 0 Å². The predicted molar refractivity (Wildman–Crippen MR) is 75.4 cm³/mol. The van der Waals surface area contributed by atoms with Crippen LogP contribution in [0.1, 0.15) is 18.2 Å². The molecule has 21 heavy (non-hydrogen) atoms. The molecule has 0 unspecified atom stereocenters. The Balaban J connectivity index is 2.58. The topological polar surface area (TPSA) is 55.0 Å². The van der Waals surface area contributed by atoms with Gasteiger partial charge in [-0.05, 0) is 24.6 Å². The van der Waals surface area contributed by atoms with Crippen molar-refractivity contribution in [1.82, 2.24) is 9.97 Å². The molecule has 0 aliphatic rings. The Kier molecular flexibility index (Phi) is 4.20. The molecule has 111 valence electrons. The lowest BCUT2D eigenvalue weighted by atomic mass is 10.2. The second kappa shape index (κ2) is 5.61. The number of aromatic nitrogens is 2. The predicted octanol–water partition coefficient (Wildman–Crippen LogP) is 4.16. The van der Waals surface area contributed by atoms with E-state index in [2.05, 4.69) is 16.9 Å². The maximum atomic E-state index is 13.5. The van der Waals surface area contributed by atoms with Crippen LogP contribution < -0.4 is 10.3 Å². The number of ether oxygens (including phenoxy) is 1.